The standard InChI is InChI=1S/C25H27N3O3S/c1-21(17-18-22-11-5-2-6-12-22)26-27-25(29)20-28(19-23-13-7-3-8-14-23)32(30,31)24-15-9-4-10-16-24/h2-16H,17-20H2,1H3,(H,27,29). The first-order chi connectivity index (χ1) is 15.4. The predicted molar refractivity (Wildman–Crippen MR) is 126 cm³/mol. The molecule has 6 nitrogen and oxygen atoms in total. The third-order valence-corrected chi connectivity index (χ3v) is 6.70. The first-order valence-electron chi connectivity index (χ1n) is 10.4. The molecule has 166 valence electrons. The van der Waals surface area contributed by atoms with Crippen LogP contribution in [0.15, 0.2) is 101 Å². The number of sulfonamides is 1. The van der Waals surface area contributed by atoms with Gasteiger partial charge in [0.05, 0.1) is 11.4 Å². The number of hydrogen-bond acceptors (Lipinski definition) is 4. The minimum Gasteiger partial charge on any atom is -0.272 e. The quantitative estimate of drug-likeness (QED) is 0.375. The van der Waals surface area contributed by atoms with Crippen molar-refractivity contribution in [1.29, 1.82) is 0 Å². The monoisotopic (exact) mass is 449 g/mol. The Kier molecular flexibility index (Phi) is 8.30. The fourth-order valence-electron chi connectivity index (χ4n) is 3.13. The number of rotatable bonds is 10. The summed E-state index contributed by atoms with van der Waals surface area (Å²) in [5, 5.41) is 4.15. The highest BCUT2D eigenvalue weighted by molar-refractivity contribution is 7.89. The largest absolute Gasteiger partial charge is 0.272 e. The second-order valence-electron chi connectivity index (χ2n) is 7.44. The fourth-order valence-corrected chi connectivity index (χ4v) is 4.54. The summed E-state index contributed by atoms with van der Waals surface area (Å²) in [5.41, 5.74) is 5.25. The fraction of sp³-hybridized carbons (Fsp3) is 0.200. The number of carbonyl (C=O) groups excluding carboxylic acids is 1. The van der Waals surface area contributed by atoms with Crippen molar-refractivity contribution in [3.05, 3.63) is 102 Å². The molecule has 0 heterocycles. The van der Waals surface area contributed by atoms with Gasteiger partial charge in [-0.3, -0.25) is 4.79 Å². The van der Waals surface area contributed by atoms with Gasteiger partial charge in [0.25, 0.3) is 5.91 Å². The van der Waals surface area contributed by atoms with E-state index in [1.54, 1.807) is 18.2 Å². The van der Waals surface area contributed by atoms with Gasteiger partial charge in [-0.1, -0.05) is 78.9 Å². The highest BCUT2D eigenvalue weighted by Crippen LogP contribution is 2.18. The number of benzene rings is 3. The van der Waals surface area contributed by atoms with Crippen LogP contribution in [0.3, 0.4) is 0 Å². The van der Waals surface area contributed by atoms with Gasteiger partial charge in [0, 0.05) is 12.3 Å². The number of amides is 1. The zero-order chi connectivity index (χ0) is 22.8. The van der Waals surface area contributed by atoms with Crippen LogP contribution < -0.4 is 5.43 Å². The number of nitrogens with one attached hydrogen (secondary N) is 1. The molecule has 0 saturated carbocycles. The second kappa shape index (κ2) is 11.4. The average Bonchev–Trinajstić information content (AvgIpc) is 2.83. The van der Waals surface area contributed by atoms with Crippen LogP contribution in [0.2, 0.25) is 0 Å². The van der Waals surface area contributed by atoms with E-state index in [1.165, 1.54) is 22.0 Å². The molecule has 0 saturated heterocycles. The van der Waals surface area contributed by atoms with Crippen molar-refractivity contribution in [2.24, 2.45) is 5.10 Å². The van der Waals surface area contributed by atoms with Gasteiger partial charge in [0.15, 0.2) is 0 Å². The molecule has 0 radical (unpaired) electrons. The topological polar surface area (TPSA) is 78.8 Å². The number of hydrazone groups is 1. The van der Waals surface area contributed by atoms with E-state index >= 15 is 0 Å². The van der Waals surface area contributed by atoms with Gasteiger partial charge in [-0.2, -0.15) is 9.41 Å². The number of nitrogens with zero attached hydrogens (tertiary/aromatic N) is 2. The van der Waals surface area contributed by atoms with Gasteiger partial charge in [0.1, 0.15) is 0 Å². The maximum Gasteiger partial charge on any atom is 0.255 e. The predicted octanol–water partition coefficient (Wildman–Crippen LogP) is 4.00. The third kappa shape index (κ3) is 6.87. The van der Waals surface area contributed by atoms with Crippen LogP contribution in [0.5, 0.6) is 0 Å². The van der Waals surface area contributed by atoms with Gasteiger partial charge in [-0.05, 0) is 43.0 Å². The first-order valence-corrected chi connectivity index (χ1v) is 11.8. The SMILES string of the molecule is CC(CCc1ccccc1)=NNC(=O)CN(Cc1ccccc1)S(=O)(=O)c1ccccc1. The summed E-state index contributed by atoms with van der Waals surface area (Å²) < 4.78 is 27.5. The summed E-state index contributed by atoms with van der Waals surface area (Å²) in [6.45, 7) is 1.59. The zero-order valence-corrected chi connectivity index (χ0v) is 18.8. The lowest BCUT2D eigenvalue weighted by Crippen LogP contribution is -2.39. The molecule has 0 unspecified atom stereocenters. The summed E-state index contributed by atoms with van der Waals surface area (Å²) in [7, 11) is -3.86. The Labute approximate surface area is 189 Å². The van der Waals surface area contributed by atoms with Crippen molar-refractivity contribution >= 4 is 21.6 Å². The summed E-state index contributed by atoms with van der Waals surface area (Å²) >= 11 is 0. The van der Waals surface area contributed by atoms with Crippen molar-refractivity contribution in [1.82, 2.24) is 9.73 Å². The Morgan fingerprint density at radius 3 is 1.97 bits per heavy atom. The molecule has 7 heteroatoms. The van der Waals surface area contributed by atoms with Crippen LogP contribution in [-0.4, -0.2) is 30.9 Å². The van der Waals surface area contributed by atoms with Gasteiger partial charge in [-0.15, -0.1) is 0 Å². The molecule has 0 atom stereocenters. The third-order valence-electron chi connectivity index (χ3n) is 4.89. The second-order valence-corrected chi connectivity index (χ2v) is 9.38. The molecule has 0 aliphatic carbocycles. The lowest BCUT2D eigenvalue weighted by atomic mass is 10.1. The van der Waals surface area contributed by atoms with E-state index in [0.717, 1.165) is 17.7 Å². The van der Waals surface area contributed by atoms with Crippen molar-refractivity contribution in [3.63, 3.8) is 0 Å². The highest BCUT2D eigenvalue weighted by Gasteiger charge is 2.26. The molecule has 1 amide bonds. The lowest BCUT2D eigenvalue weighted by Gasteiger charge is -2.21. The van der Waals surface area contributed by atoms with Crippen LogP contribution in [0.4, 0.5) is 0 Å². The molecule has 3 rings (SSSR count). The van der Waals surface area contributed by atoms with Gasteiger partial charge in [0.2, 0.25) is 10.0 Å². The molecule has 1 N–H and O–H groups in total. The molecule has 0 aliphatic heterocycles. The molecule has 0 spiro atoms. The van der Waals surface area contributed by atoms with Crippen LogP contribution in [0, 0.1) is 0 Å². The minimum atomic E-state index is -3.86. The first kappa shape index (κ1) is 23.4. The van der Waals surface area contributed by atoms with E-state index in [-0.39, 0.29) is 18.0 Å². The Hall–Kier alpha value is -3.29. The summed E-state index contributed by atoms with van der Waals surface area (Å²) in [6.07, 6.45) is 1.51. The van der Waals surface area contributed by atoms with Crippen molar-refractivity contribution < 1.29 is 13.2 Å². The van der Waals surface area contributed by atoms with Crippen LogP contribution >= 0.6 is 0 Å². The number of hydrogen-bond donors (Lipinski definition) is 1. The Balaban J connectivity index is 1.67. The van der Waals surface area contributed by atoms with E-state index in [4.69, 9.17) is 0 Å². The van der Waals surface area contributed by atoms with Gasteiger partial charge >= 0.3 is 0 Å². The minimum absolute atomic E-state index is 0.0855. The molecule has 0 aromatic heterocycles. The van der Waals surface area contributed by atoms with Crippen LogP contribution in [-0.2, 0) is 27.8 Å². The van der Waals surface area contributed by atoms with Crippen molar-refractivity contribution in [3.8, 4) is 0 Å². The van der Waals surface area contributed by atoms with E-state index in [2.05, 4.69) is 10.5 Å². The molecule has 32 heavy (non-hydrogen) atoms. The molecule has 3 aromatic carbocycles. The van der Waals surface area contributed by atoms with E-state index in [9.17, 15) is 13.2 Å². The van der Waals surface area contributed by atoms with Crippen LogP contribution in [0.1, 0.15) is 24.5 Å². The zero-order valence-electron chi connectivity index (χ0n) is 18.0. The highest BCUT2D eigenvalue weighted by atomic mass is 32.2. The molecular weight excluding hydrogens is 422 g/mol. The number of aryl methyl sites for hydroxylation is 1. The molecule has 3 aromatic rings. The summed E-state index contributed by atoms with van der Waals surface area (Å²) in [6, 6.07) is 27.3. The van der Waals surface area contributed by atoms with E-state index in [1.807, 2.05) is 67.6 Å². The van der Waals surface area contributed by atoms with E-state index < -0.39 is 15.9 Å². The number of carbonyl (C=O) groups is 1. The van der Waals surface area contributed by atoms with Gasteiger partial charge < -0.3 is 0 Å². The van der Waals surface area contributed by atoms with E-state index in [0.29, 0.717) is 6.42 Å². The normalized spacial score (nSPS) is 12.0. The Bertz CT molecular complexity index is 1130. The Morgan fingerprint density at radius 2 is 1.38 bits per heavy atom. The van der Waals surface area contributed by atoms with Crippen molar-refractivity contribution in [2.75, 3.05) is 6.54 Å². The summed E-state index contributed by atoms with van der Waals surface area (Å²) in [5.74, 6) is -0.487. The summed E-state index contributed by atoms with van der Waals surface area (Å²) in [4.78, 5) is 12.7. The van der Waals surface area contributed by atoms with Crippen molar-refractivity contribution in [2.45, 2.75) is 31.2 Å². The van der Waals surface area contributed by atoms with Crippen LogP contribution in [0.25, 0.3) is 0 Å². The Morgan fingerprint density at radius 1 is 0.844 bits per heavy atom. The maximum atomic E-state index is 13.2. The van der Waals surface area contributed by atoms with Gasteiger partial charge in [-0.25, -0.2) is 13.8 Å². The smallest absolute Gasteiger partial charge is 0.255 e. The molecule has 0 aliphatic rings. The lowest BCUT2D eigenvalue weighted by molar-refractivity contribution is -0.121. The molecule has 0 fully saturated rings. The molecular formula is C25H27N3O3S. The molecule has 0 bridgehead atoms. The maximum absolute atomic E-state index is 13.2. The average molecular weight is 450 g/mol.